The summed E-state index contributed by atoms with van der Waals surface area (Å²) in [5.41, 5.74) is 1.04. The summed E-state index contributed by atoms with van der Waals surface area (Å²) in [7, 11) is 1.98. The van der Waals surface area contributed by atoms with Crippen molar-refractivity contribution in [3.8, 4) is 0 Å². The Labute approximate surface area is 110 Å². The van der Waals surface area contributed by atoms with Crippen LogP contribution in [-0.2, 0) is 6.54 Å². The van der Waals surface area contributed by atoms with E-state index in [1.165, 1.54) is 18.9 Å². The normalized spacial score (nSPS) is 21.0. The smallest absolute Gasteiger partial charge is 0.123 e. The molecule has 0 amide bonds. The maximum Gasteiger partial charge on any atom is 0.123 e. The van der Waals surface area contributed by atoms with Crippen LogP contribution in [0.3, 0.4) is 0 Å². The standard InChI is InChI=1S/C13H18BrFN2/c1-16-8-12-3-2-6-17(12)9-10-7-11(15)4-5-13(10)14/h4-5,7,12,16H,2-3,6,8-9H2,1H3. The molecule has 17 heavy (non-hydrogen) atoms. The summed E-state index contributed by atoms with van der Waals surface area (Å²) in [6, 6.07) is 5.48. The first-order valence-electron chi connectivity index (χ1n) is 6.03. The van der Waals surface area contributed by atoms with Crippen LogP contribution in [0.15, 0.2) is 22.7 Å². The molecule has 0 aromatic heterocycles. The van der Waals surface area contributed by atoms with E-state index in [0.717, 1.165) is 29.7 Å². The molecule has 1 aromatic carbocycles. The van der Waals surface area contributed by atoms with Gasteiger partial charge in [-0.05, 0) is 50.2 Å². The Morgan fingerprint density at radius 3 is 3.12 bits per heavy atom. The maximum absolute atomic E-state index is 13.2. The Balaban J connectivity index is 2.06. The number of benzene rings is 1. The lowest BCUT2D eigenvalue weighted by atomic mass is 10.2. The number of nitrogens with zero attached hydrogens (tertiary/aromatic N) is 1. The average Bonchev–Trinajstić information content (AvgIpc) is 2.72. The molecular formula is C13H18BrFN2. The molecular weight excluding hydrogens is 283 g/mol. The summed E-state index contributed by atoms with van der Waals surface area (Å²) in [6.45, 7) is 2.94. The van der Waals surface area contributed by atoms with Gasteiger partial charge in [0.2, 0.25) is 0 Å². The molecule has 1 aliphatic rings. The second-order valence-corrected chi connectivity index (χ2v) is 5.41. The highest BCUT2D eigenvalue weighted by atomic mass is 79.9. The molecule has 1 unspecified atom stereocenters. The largest absolute Gasteiger partial charge is 0.318 e. The van der Waals surface area contributed by atoms with Gasteiger partial charge in [-0.3, -0.25) is 4.90 Å². The number of hydrogen-bond acceptors (Lipinski definition) is 2. The molecule has 1 atom stereocenters. The van der Waals surface area contributed by atoms with Gasteiger partial charge in [0.15, 0.2) is 0 Å². The number of likely N-dealkylation sites (tertiary alicyclic amines) is 1. The summed E-state index contributed by atoms with van der Waals surface area (Å²) < 4.78 is 14.2. The molecule has 4 heteroatoms. The summed E-state index contributed by atoms with van der Waals surface area (Å²) in [5.74, 6) is -0.160. The minimum atomic E-state index is -0.160. The third-order valence-electron chi connectivity index (χ3n) is 3.32. The van der Waals surface area contributed by atoms with E-state index in [0.29, 0.717) is 6.04 Å². The van der Waals surface area contributed by atoms with E-state index < -0.39 is 0 Å². The van der Waals surface area contributed by atoms with Crippen molar-refractivity contribution in [3.63, 3.8) is 0 Å². The molecule has 1 aromatic rings. The molecule has 94 valence electrons. The van der Waals surface area contributed by atoms with Crippen molar-refractivity contribution in [1.29, 1.82) is 0 Å². The minimum absolute atomic E-state index is 0.160. The van der Waals surface area contributed by atoms with Crippen molar-refractivity contribution in [2.45, 2.75) is 25.4 Å². The molecule has 1 saturated heterocycles. The van der Waals surface area contributed by atoms with Gasteiger partial charge in [-0.1, -0.05) is 15.9 Å². The van der Waals surface area contributed by atoms with E-state index >= 15 is 0 Å². The lowest BCUT2D eigenvalue weighted by Gasteiger charge is -2.24. The van der Waals surface area contributed by atoms with Crippen LogP contribution < -0.4 is 5.32 Å². The molecule has 2 rings (SSSR count). The zero-order chi connectivity index (χ0) is 12.3. The maximum atomic E-state index is 13.2. The fourth-order valence-corrected chi connectivity index (χ4v) is 2.83. The van der Waals surface area contributed by atoms with E-state index in [4.69, 9.17) is 0 Å². The second-order valence-electron chi connectivity index (χ2n) is 4.56. The average molecular weight is 301 g/mol. The molecule has 1 fully saturated rings. The van der Waals surface area contributed by atoms with E-state index in [2.05, 4.69) is 26.1 Å². The number of rotatable bonds is 4. The summed E-state index contributed by atoms with van der Waals surface area (Å²) in [5, 5.41) is 3.22. The van der Waals surface area contributed by atoms with Crippen LogP contribution in [0.4, 0.5) is 4.39 Å². The quantitative estimate of drug-likeness (QED) is 0.920. The Kier molecular flexibility index (Phi) is 4.54. The molecule has 2 nitrogen and oxygen atoms in total. The third kappa shape index (κ3) is 3.27. The van der Waals surface area contributed by atoms with Crippen LogP contribution in [0.5, 0.6) is 0 Å². The van der Waals surface area contributed by atoms with E-state index in [9.17, 15) is 4.39 Å². The van der Waals surface area contributed by atoms with E-state index in [-0.39, 0.29) is 5.82 Å². The van der Waals surface area contributed by atoms with Gasteiger partial charge in [-0.2, -0.15) is 0 Å². The Bertz CT molecular complexity index is 384. The SMILES string of the molecule is CNCC1CCCN1Cc1cc(F)ccc1Br. The van der Waals surface area contributed by atoms with Gasteiger partial charge < -0.3 is 5.32 Å². The number of hydrogen-bond donors (Lipinski definition) is 1. The molecule has 1 heterocycles. The molecule has 1 aliphatic heterocycles. The zero-order valence-corrected chi connectivity index (χ0v) is 11.6. The predicted octanol–water partition coefficient (Wildman–Crippen LogP) is 2.77. The summed E-state index contributed by atoms with van der Waals surface area (Å²) in [6.07, 6.45) is 2.47. The molecule has 0 spiro atoms. The van der Waals surface area contributed by atoms with Crippen LogP contribution in [0, 0.1) is 5.82 Å². The van der Waals surface area contributed by atoms with E-state index in [1.54, 1.807) is 12.1 Å². The summed E-state index contributed by atoms with van der Waals surface area (Å²) >= 11 is 3.49. The second kappa shape index (κ2) is 5.94. The molecule has 0 aliphatic carbocycles. The first-order chi connectivity index (χ1) is 8.20. The number of halogens is 2. The zero-order valence-electron chi connectivity index (χ0n) is 10.0. The highest BCUT2D eigenvalue weighted by Crippen LogP contribution is 2.24. The highest BCUT2D eigenvalue weighted by molar-refractivity contribution is 9.10. The Morgan fingerprint density at radius 1 is 1.53 bits per heavy atom. The fourth-order valence-electron chi connectivity index (χ4n) is 2.45. The van der Waals surface area contributed by atoms with Gasteiger partial charge in [-0.15, -0.1) is 0 Å². The van der Waals surface area contributed by atoms with Crippen LogP contribution >= 0.6 is 15.9 Å². The lowest BCUT2D eigenvalue weighted by Crippen LogP contribution is -2.36. The molecule has 1 N–H and O–H groups in total. The van der Waals surface area contributed by atoms with Crippen molar-refractivity contribution >= 4 is 15.9 Å². The van der Waals surface area contributed by atoms with Gasteiger partial charge in [-0.25, -0.2) is 4.39 Å². The summed E-state index contributed by atoms with van der Waals surface area (Å²) in [4.78, 5) is 2.43. The monoisotopic (exact) mass is 300 g/mol. The molecule has 0 saturated carbocycles. The van der Waals surface area contributed by atoms with Crippen molar-refractivity contribution in [1.82, 2.24) is 10.2 Å². The van der Waals surface area contributed by atoms with Gasteiger partial charge in [0.1, 0.15) is 5.82 Å². The van der Waals surface area contributed by atoms with Crippen LogP contribution in [0.25, 0.3) is 0 Å². The minimum Gasteiger partial charge on any atom is -0.318 e. The van der Waals surface area contributed by atoms with Gasteiger partial charge in [0.25, 0.3) is 0 Å². The van der Waals surface area contributed by atoms with Crippen molar-refractivity contribution in [2.75, 3.05) is 20.1 Å². The van der Waals surface area contributed by atoms with Crippen LogP contribution in [-0.4, -0.2) is 31.1 Å². The molecule has 0 radical (unpaired) electrons. The Hall–Kier alpha value is -0.450. The first-order valence-corrected chi connectivity index (χ1v) is 6.82. The fraction of sp³-hybridized carbons (Fsp3) is 0.538. The predicted molar refractivity (Wildman–Crippen MR) is 71.5 cm³/mol. The molecule has 0 bridgehead atoms. The van der Waals surface area contributed by atoms with Gasteiger partial charge in [0.05, 0.1) is 0 Å². The highest BCUT2D eigenvalue weighted by Gasteiger charge is 2.24. The first kappa shape index (κ1) is 13.0. The van der Waals surface area contributed by atoms with Crippen LogP contribution in [0.2, 0.25) is 0 Å². The van der Waals surface area contributed by atoms with Crippen molar-refractivity contribution in [3.05, 3.63) is 34.1 Å². The van der Waals surface area contributed by atoms with Gasteiger partial charge in [0, 0.05) is 23.6 Å². The van der Waals surface area contributed by atoms with Crippen molar-refractivity contribution < 1.29 is 4.39 Å². The number of nitrogens with one attached hydrogen (secondary N) is 1. The van der Waals surface area contributed by atoms with Crippen molar-refractivity contribution in [2.24, 2.45) is 0 Å². The van der Waals surface area contributed by atoms with Crippen LogP contribution in [0.1, 0.15) is 18.4 Å². The third-order valence-corrected chi connectivity index (χ3v) is 4.09. The number of likely N-dealkylation sites (N-methyl/N-ethyl adjacent to an activating group) is 1. The Morgan fingerprint density at radius 2 is 2.35 bits per heavy atom. The lowest BCUT2D eigenvalue weighted by molar-refractivity contribution is 0.241. The van der Waals surface area contributed by atoms with E-state index in [1.807, 2.05) is 7.05 Å². The topological polar surface area (TPSA) is 15.3 Å². The van der Waals surface area contributed by atoms with Gasteiger partial charge >= 0.3 is 0 Å².